The standard InChI is InChI=1S/C42H39FNO8P/c1-2-23-48-41(45)39(44-42(46)49-29-38-36-19-11-9-17-34(36)35-18-10-12-20-37(35)38)25-32-21-22-40(33(24-32)26-43)52-53(47,50-27-30-13-5-3-6-14-30)51-28-31-15-7-4-8-16-31/h2-22,24,38-39H,1,23,25-29H2,(H,44,46)/t39-/m0/s1. The van der Waals surface area contributed by atoms with Gasteiger partial charge in [-0.3, -0.25) is 9.05 Å². The molecular weight excluding hydrogens is 696 g/mol. The largest absolute Gasteiger partial charge is 0.530 e. The Kier molecular flexibility index (Phi) is 12.5. The fraction of sp³-hybridized carbons (Fsp3) is 0.190. The third-order valence-electron chi connectivity index (χ3n) is 8.65. The first-order valence-corrected chi connectivity index (χ1v) is 18.5. The van der Waals surface area contributed by atoms with Crippen LogP contribution in [-0.4, -0.2) is 31.3 Å². The zero-order valence-corrected chi connectivity index (χ0v) is 29.8. The Bertz CT molecular complexity index is 1980. The molecule has 5 aromatic rings. The van der Waals surface area contributed by atoms with Crippen molar-refractivity contribution < 1.29 is 41.6 Å². The number of nitrogens with one attached hydrogen (secondary N) is 1. The van der Waals surface area contributed by atoms with E-state index in [-0.39, 0.29) is 50.1 Å². The van der Waals surface area contributed by atoms with Crippen LogP contribution in [-0.2, 0) is 54.2 Å². The number of alkyl carbamates (subject to hydrolysis) is 1. The molecule has 1 aliphatic carbocycles. The average Bonchev–Trinajstić information content (AvgIpc) is 3.52. The maximum Gasteiger partial charge on any atom is 0.530 e. The number of hydrogen-bond acceptors (Lipinski definition) is 8. The third kappa shape index (κ3) is 9.67. The molecule has 53 heavy (non-hydrogen) atoms. The van der Waals surface area contributed by atoms with Crippen LogP contribution in [0.3, 0.4) is 0 Å². The molecule has 0 bridgehead atoms. The second-order valence-electron chi connectivity index (χ2n) is 12.3. The first-order chi connectivity index (χ1) is 25.9. The number of amides is 1. The quantitative estimate of drug-likeness (QED) is 0.0572. The summed E-state index contributed by atoms with van der Waals surface area (Å²) in [5.41, 5.74) is 6.23. The van der Waals surface area contributed by atoms with Crippen LogP contribution in [0.1, 0.15) is 39.3 Å². The number of rotatable bonds is 17. The average molecular weight is 736 g/mol. The van der Waals surface area contributed by atoms with Crippen LogP contribution in [0.4, 0.5) is 9.18 Å². The molecule has 1 amide bonds. The van der Waals surface area contributed by atoms with Gasteiger partial charge in [0.05, 0.1) is 13.2 Å². The molecule has 9 nitrogen and oxygen atoms in total. The molecule has 0 aliphatic heterocycles. The van der Waals surface area contributed by atoms with Crippen molar-refractivity contribution in [3.63, 3.8) is 0 Å². The summed E-state index contributed by atoms with van der Waals surface area (Å²) >= 11 is 0. The lowest BCUT2D eigenvalue weighted by Crippen LogP contribution is -2.44. The highest BCUT2D eigenvalue weighted by Crippen LogP contribution is 2.52. The predicted octanol–water partition coefficient (Wildman–Crippen LogP) is 9.26. The Balaban J connectivity index is 1.15. The lowest BCUT2D eigenvalue weighted by atomic mass is 9.98. The lowest BCUT2D eigenvalue weighted by molar-refractivity contribution is -0.144. The molecule has 6 rings (SSSR count). The van der Waals surface area contributed by atoms with Crippen LogP contribution in [0.15, 0.2) is 140 Å². The number of halogens is 1. The number of esters is 1. The molecule has 0 radical (unpaired) electrons. The summed E-state index contributed by atoms with van der Waals surface area (Å²) in [6, 6.07) is 37.4. The summed E-state index contributed by atoms with van der Waals surface area (Å²) in [5.74, 6) is -0.965. The molecule has 1 atom stereocenters. The minimum absolute atomic E-state index is 0.0358. The fourth-order valence-corrected chi connectivity index (χ4v) is 7.29. The van der Waals surface area contributed by atoms with Gasteiger partial charge < -0.3 is 19.3 Å². The van der Waals surface area contributed by atoms with Gasteiger partial charge in [0.15, 0.2) is 0 Å². The summed E-state index contributed by atoms with van der Waals surface area (Å²) < 4.78 is 56.6. The second kappa shape index (κ2) is 17.8. The highest BCUT2D eigenvalue weighted by Gasteiger charge is 2.32. The normalized spacial score (nSPS) is 12.6. The summed E-state index contributed by atoms with van der Waals surface area (Å²) in [7, 11) is -4.28. The Labute approximate surface area is 307 Å². The van der Waals surface area contributed by atoms with Crippen LogP contribution in [0.5, 0.6) is 5.75 Å². The number of ether oxygens (including phenoxy) is 2. The maximum absolute atomic E-state index is 14.5. The van der Waals surface area contributed by atoms with Crippen molar-refractivity contribution >= 4 is 19.9 Å². The van der Waals surface area contributed by atoms with Crippen LogP contribution in [0.25, 0.3) is 11.1 Å². The number of fused-ring (bicyclic) bond motifs is 3. The van der Waals surface area contributed by atoms with Crippen LogP contribution >= 0.6 is 7.82 Å². The van der Waals surface area contributed by atoms with Gasteiger partial charge in [0.1, 0.15) is 31.7 Å². The van der Waals surface area contributed by atoms with E-state index in [1.165, 1.54) is 18.2 Å². The monoisotopic (exact) mass is 735 g/mol. The molecule has 11 heteroatoms. The van der Waals surface area contributed by atoms with Gasteiger partial charge in [-0.05, 0) is 51.1 Å². The van der Waals surface area contributed by atoms with Crippen molar-refractivity contribution in [1.82, 2.24) is 5.32 Å². The number of phosphoric ester groups is 1. The molecule has 0 unspecified atom stereocenters. The minimum atomic E-state index is -4.28. The molecule has 0 spiro atoms. The molecule has 0 saturated heterocycles. The molecule has 0 heterocycles. The predicted molar refractivity (Wildman–Crippen MR) is 199 cm³/mol. The summed E-state index contributed by atoms with van der Waals surface area (Å²) in [4.78, 5) is 26.3. The van der Waals surface area contributed by atoms with Gasteiger partial charge in [-0.15, -0.1) is 0 Å². The Morgan fingerprint density at radius 2 is 1.32 bits per heavy atom. The van der Waals surface area contributed by atoms with Crippen LogP contribution < -0.4 is 9.84 Å². The molecule has 5 aromatic carbocycles. The first-order valence-electron chi connectivity index (χ1n) is 17.1. The van der Waals surface area contributed by atoms with E-state index in [9.17, 15) is 18.5 Å². The Hall–Kier alpha value is -5.54. The van der Waals surface area contributed by atoms with E-state index >= 15 is 0 Å². The van der Waals surface area contributed by atoms with Gasteiger partial charge in [-0.2, -0.15) is 0 Å². The highest BCUT2D eigenvalue weighted by atomic mass is 31.2. The van der Waals surface area contributed by atoms with E-state index in [1.807, 2.05) is 84.9 Å². The molecule has 1 N–H and O–H groups in total. The third-order valence-corrected chi connectivity index (χ3v) is 9.96. The highest BCUT2D eigenvalue weighted by molar-refractivity contribution is 7.48. The van der Waals surface area contributed by atoms with Gasteiger partial charge in [0, 0.05) is 17.9 Å². The zero-order valence-electron chi connectivity index (χ0n) is 28.9. The summed E-state index contributed by atoms with van der Waals surface area (Å²) in [6.45, 7) is 2.40. The van der Waals surface area contributed by atoms with Crippen molar-refractivity contribution in [2.75, 3.05) is 13.2 Å². The molecule has 0 aromatic heterocycles. The van der Waals surface area contributed by atoms with E-state index in [0.717, 1.165) is 33.4 Å². The van der Waals surface area contributed by atoms with Crippen molar-refractivity contribution in [1.29, 1.82) is 0 Å². The smallest absolute Gasteiger partial charge is 0.460 e. The van der Waals surface area contributed by atoms with Gasteiger partial charge in [0.25, 0.3) is 0 Å². The van der Waals surface area contributed by atoms with Crippen molar-refractivity contribution in [3.05, 3.63) is 173 Å². The van der Waals surface area contributed by atoms with Gasteiger partial charge in [0.2, 0.25) is 0 Å². The second-order valence-corrected chi connectivity index (χ2v) is 13.9. The van der Waals surface area contributed by atoms with Gasteiger partial charge >= 0.3 is 19.9 Å². The topological polar surface area (TPSA) is 109 Å². The zero-order chi connectivity index (χ0) is 37.0. The van der Waals surface area contributed by atoms with E-state index in [2.05, 4.69) is 11.9 Å². The van der Waals surface area contributed by atoms with E-state index in [4.69, 9.17) is 23.0 Å². The molecular formula is C42H39FNO8P. The van der Waals surface area contributed by atoms with Gasteiger partial charge in [-0.25, -0.2) is 18.5 Å². The SMILES string of the molecule is C=CCOC(=O)[C@H](Cc1ccc(OP(=O)(OCc2ccccc2)OCc2ccccc2)c(CF)c1)NC(=O)OCC1c2ccccc2-c2ccccc21. The fourth-order valence-electron chi connectivity index (χ4n) is 6.07. The number of phosphoric acid groups is 1. The number of benzene rings is 5. The molecule has 272 valence electrons. The van der Waals surface area contributed by atoms with E-state index in [0.29, 0.717) is 5.56 Å². The Morgan fingerprint density at radius 3 is 1.89 bits per heavy atom. The van der Waals surface area contributed by atoms with Crippen LogP contribution in [0.2, 0.25) is 0 Å². The van der Waals surface area contributed by atoms with Crippen molar-refractivity contribution in [3.8, 4) is 16.9 Å². The summed E-state index contributed by atoms with van der Waals surface area (Å²) in [5, 5.41) is 2.62. The molecule has 0 saturated carbocycles. The van der Waals surface area contributed by atoms with Crippen LogP contribution in [0, 0.1) is 0 Å². The number of carbonyl (C=O) groups is 2. The van der Waals surface area contributed by atoms with Crippen molar-refractivity contribution in [2.45, 2.75) is 38.3 Å². The van der Waals surface area contributed by atoms with E-state index in [1.54, 1.807) is 30.3 Å². The van der Waals surface area contributed by atoms with E-state index < -0.39 is 32.6 Å². The van der Waals surface area contributed by atoms with Gasteiger partial charge in [-0.1, -0.05) is 128 Å². The minimum Gasteiger partial charge on any atom is -0.460 e. The van der Waals surface area contributed by atoms with Crippen molar-refractivity contribution in [2.24, 2.45) is 0 Å². The molecule has 1 aliphatic rings. The maximum atomic E-state index is 14.5. The molecule has 0 fully saturated rings. The number of hydrogen-bond donors (Lipinski definition) is 1. The number of alkyl halides is 1. The first kappa shape index (κ1) is 37.2. The lowest BCUT2D eigenvalue weighted by Gasteiger charge is -2.21. The number of carbonyl (C=O) groups excluding carboxylic acids is 2. The Morgan fingerprint density at radius 1 is 0.755 bits per heavy atom. The summed E-state index contributed by atoms with van der Waals surface area (Å²) in [6.07, 6.45) is 0.526.